The molecule has 56 valence electrons. The molecular formula is C8H14N2. The van der Waals surface area contributed by atoms with Crippen LogP contribution < -0.4 is 5.43 Å². The second-order valence-electron chi connectivity index (χ2n) is 2.27. The number of allylic oxidation sites excluding steroid dienone is 2. The maximum absolute atomic E-state index is 3.86. The minimum atomic E-state index is 1.18. The minimum absolute atomic E-state index is 1.18. The van der Waals surface area contributed by atoms with Gasteiger partial charge in [0.1, 0.15) is 0 Å². The molecule has 0 heterocycles. The van der Waals surface area contributed by atoms with Gasteiger partial charge in [-0.15, -0.1) is 0 Å². The summed E-state index contributed by atoms with van der Waals surface area (Å²) in [5.41, 5.74) is 5.08. The average Bonchev–Trinajstić information content (AvgIpc) is 1.88. The standard InChI is InChI=1S/C8H14N2/c1-5-9-10-6-8(4)7(2)3/h5-6,9H,1H2,2-4H3/b10-6-. The summed E-state index contributed by atoms with van der Waals surface area (Å²) < 4.78 is 0. The Morgan fingerprint density at radius 3 is 2.40 bits per heavy atom. The molecule has 0 aliphatic rings. The fourth-order valence-electron chi connectivity index (χ4n) is 0.316. The van der Waals surface area contributed by atoms with Gasteiger partial charge in [-0.3, -0.25) is 5.43 Å². The molecule has 10 heavy (non-hydrogen) atoms. The van der Waals surface area contributed by atoms with Crippen LogP contribution in [0.4, 0.5) is 0 Å². The van der Waals surface area contributed by atoms with E-state index in [0.29, 0.717) is 0 Å². The van der Waals surface area contributed by atoms with Crippen molar-refractivity contribution in [2.75, 3.05) is 0 Å². The van der Waals surface area contributed by atoms with Crippen molar-refractivity contribution in [2.24, 2.45) is 5.10 Å². The van der Waals surface area contributed by atoms with Gasteiger partial charge in [-0.1, -0.05) is 12.2 Å². The van der Waals surface area contributed by atoms with Crippen molar-refractivity contribution in [3.05, 3.63) is 23.9 Å². The zero-order valence-electron chi connectivity index (χ0n) is 6.81. The monoisotopic (exact) mass is 138 g/mol. The number of nitrogens with zero attached hydrogens (tertiary/aromatic N) is 1. The lowest BCUT2D eigenvalue weighted by molar-refractivity contribution is 0.978. The third-order valence-electron chi connectivity index (χ3n) is 1.21. The Kier molecular flexibility index (Phi) is 4.29. The van der Waals surface area contributed by atoms with Crippen LogP contribution in [0.1, 0.15) is 20.8 Å². The number of rotatable bonds is 3. The Balaban J connectivity index is 3.89. The third-order valence-corrected chi connectivity index (χ3v) is 1.21. The summed E-state index contributed by atoms with van der Waals surface area (Å²) in [6.07, 6.45) is 3.31. The fourth-order valence-corrected chi connectivity index (χ4v) is 0.316. The van der Waals surface area contributed by atoms with E-state index in [1.54, 1.807) is 6.21 Å². The molecule has 0 spiro atoms. The van der Waals surface area contributed by atoms with E-state index in [4.69, 9.17) is 0 Å². The van der Waals surface area contributed by atoms with Crippen LogP contribution in [0.3, 0.4) is 0 Å². The molecule has 0 saturated heterocycles. The van der Waals surface area contributed by atoms with Gasteiger partial charge in [0, 0.05) is 6.20 Å². The van der Waals surface area contributed by atoms with E-state index in [2.05, 4.69) is 31.0 Å². The molecule has 0 radical (unpaired) electrons. The first-order valence-electron chi connectivity index (χ1n) is 3.22. The van der Waals surface area contributed by atoms with Crippen molar-refractivity contribution in [1.29, 1.82) is 0 Å². The van der Waals surface area contributed by atoms with Crippen LogP contribution >= 0.6 is 0 Å². The summed E-state index contributed by atoms with van der Waals surface area (Å²) in [6, 6.07) is 0. The molecule has 0 saturated carbocycles. The van der Waals surface area contributed by atoms with Crippen molar-refractivity contribution in [3.63, 3.8) is 0 Å². The van der Waals surface area contributed by atoms with Crippen LogP contribution in [-0.4, -0.2) is 6.21 Å². The highest BCUT2D eigenvalue weighted by atomic mass is 15.3. The predicted molar refractivity (Wildman–Crippen MR) is 45.9 cm³/mol. The van der Waals surface area contributed by atoms with Crippen molar-refractivity contribution < 1.29 is 0 Å². The van der Waals surface area contributed by atoms with E-state index >= 15 is 0 Å². The zero-order chi connectivity index (χ0) is 7.98. The largest absolute Gasteiger partial charge is 0.286 e. The first-order chi connectivity index (χ1) is 4.68. The number of nitrogens with one attached hydrogen (secondary N) is 1. The van der Waals surface area contributed by atoms with Gasteiger partial charge in [0.05, 0.1) is 6.21 Å². The maximum atomic E-state index is 3.86. The molecule has 2 heteroatoms. The van der Waals surface area contributed by atoms with Crippen LogP contribution in [0.5, 0.6) is 0 Å². The normalized spacial score (nSPS) is 9.50. The molecule has 0 amide bonds. The molecule has 0 atom stereocenters. The molecule has 0 rings (SSSR count). The van der Waals surface area contributed by atoms with Gasteiger partial charge in [-0.2, -0.15) is 5.10 Å². The van der Waals surface area contributed by atoms with Gasteiger partial charge >= 0.3 is 0 Å². The lowest BCUT2D eigenvalue weighted by Gasteiger charge is -1.93. The van der Waals surface area contributed by atoms with Crippen LogP contribution in [0.25, 0.3) is 0 Å². The van der Waals surface area contributed by atoms with E-state index < -0.39 is 0 Å². The second-order valence-corrected chi connectivity index (χ2v) is 2.27. The number of hydrogen-bond donors (Lipinski definition) is 1. The van der Waals surface area contributed by atoms with E-state index in [1.807, 2.05) is 6.92 Å². The van der Waals surface area contributed by atoms with E-state index in [1.165, 1.54) is 17.3 Å². The Morgan fingerprint density at radius 1 is 1.40 bits per heavy atom. The van der Waals surface area contributed by atoms with Crippen LogP contribution in [0, 0.1) is 0 Å². The Hall–Kier alpha value is -1.05. The quantitative estimate of drug-likeness (QED) is 0.468. The van der Waals surface area contributed by atoms with E-state index in [-0.39, 0.29) is 0 Å². The fraction of sp³-hybridized carbons (Fsp3) is 0.375. The molecule has 0 aliphatic heterocycles. The molecule has 0 fully saturated rings. The van der Waals surface area contributed by atoms with Crippen molar-refractivity contribution in [3.8, 4) is 0 Å². The van der Waals surface area contributed by atoms with Crippen molar-refractivity contribution in [2.45, 2.75) is 20.8 Å². The summed E-state index contributed by atoms with van der Waals surface area (Å²) in [5.74, 6) is 0. The summed E-state index contributed by atoms with van der Waals surface area (Å²) in [4.78, 5) is 0. The highest BCUT2D eigenvalue weighted by Gasteiger charge is 1.83. The second kappa shape index (κ2) is 4.79. The van der Waals surface area contributed by atoms with E-state index in [9.17, 15) is 0 Å². The smallest absolute Gasteiger partial charge is 0.0500 e. The lowest BCUT2D eigenvalue weighted by atomic mass is 10.2. The highest BCUT2D eigenvalue weighted by Crippen LogP contribution is 1.96. The molecule has 1 N–H and O–H groups in total. The molecule has 0 bridgehead atoms. The van der Waals surface area contributed by atoms with Crippen molar-refractivity contribution in [1.82, 2.24) is 5.43 Å². The summed E-state index contributed by atoms with van der Waals surface area (Å²) in [7, 11) is 0. The zero-order valence-corrected chi connectivity index (χ0v) is 6.81. The van der Waals surface area contributed by atoms with Crippen LogP contribution in [0.2, 0.25) is 0 Å². The molecule has 0 aromatic carbocycles. The lowest BCUT2D eigenvalue weighted by Crippen LogP contribution is -1.93. The minimum Gasteiger partial charge on any atom is -0.286 e. The Bertz CT molecular complexity index is 162. The Labute approximate surface area is 62.3 Å². The number of hydrazone groups is 1. The number of hydrogen-bond acceptors (Lipinski definition) is 2. The van der Waals surface area contributed by atoms with E-state index in [0.717, 1.165) is 0 Å². The van der Waals surface area contributed by atoms with Gasteiger partial charge in [-0.25, -0.2) is 0 Å². The van der Waals surface area contributed by atoms with Crippen molar-refractivity contribution >= 4 is 6.21 Å². The van der Waals surface area contributed by atoms with Gasteiger partial charge in [-0.05, 0) is 26.3 Å². The topological polar surface area (TPSA) is 24.4 Å². The molecule has 2 nitrogen and oxygen atoms in total. The van der Waals surface area contributed by atoms with Gasteiger partial charge in [0.15, 0.2) is 0 Å². The van der Waals surface area contributed by atoms with Crippen LogP contribution in [-0.2, 0) is 0 Å². The summed E-state index contributed by atoms with van der Waals surface area (Å²) in [6.45, 7) is 9.58. The summed E-state index contributed by atoms with van der Waals surface area (Å²) in [5, 5.41) is 3.86. The maximum Gasteiger partial charge on any atom is 0.0500 e. The Morgan fingerprint density at radius 2 is 2.00 bits per heavy atom. The third kappa shape index (κ3) is 3.89. The summed E-state index contributed by atoms with van der Waals surface area (Å²) >= 11 is 0. The van der Waals surface area contributed by atoms with Gasteiger partial charge < -0.3 is 0 Å². The molecule has 0 aliphatic carbocycles. The SMILES string of the molecule is C=CN/N=C\C(C)=C(C)C. The highest BCUT2D eigenvalue weighted by molar-refractivity contribution is 5.78. The molecular weight excluding hydrogens is 124 g/mol. The van der Waals surface area contributed by atoms with Gasteiger partial charge in [0.25, 0.3) is 0 Å². The first-order valence-corrected chi connectivity index (χ1v) is 3.22. The van der Waals surface area contributed by atoms with Gasteiger partial charge in [0.2, 0.25) is 0 Å². The van der Waals surface area contributed by atoms with Crippen LogP contribution in [0.15, 0.2) is 29.0 Å². The molecule has 0 aromatic heterocycles. The molecule has 0 aromatic rings. The molecule has 0 unspecified atom stereocenters. The average molecular weight is 138 g/mol. The predicted octanol–water partition coefficient (Wildman–Crippen LogP) is 2.06. The first kappa shape index (κ1) is 8.95.